The molecule has 140 valence electrons. The van der Waals surface area contributed by atoms with Crippen LogP contribution in [0.1, 0.15) is 30.9 Å². The molecule has 1 aromatic rings. The molecule has 1 heterocycles. The lowest BCUT2D eigenvalue weighted by molar-refractivity contribution is -0.139. The van der Waals surface area contributed by atoms with Crippen molar-refractivity contribution in [2.45, 2.75) is 39.2 Å². The zero-order chi connectivity index (χ0) is 18.4. The minimum Gasteiger partial charge on any atom is -0.480 e. The molecule has 0 atom stereocenters. The third kappa shape index (κ3) is 5.80. The van der Waals surface area contributed by atoms with Crippen molar-refractivity contribution in [3.63, 3.8) is 0 Å². The van der Waals surface area contributed by atoms with Crippen LogP contribution in [-0.2, 0) is 21.2 Å². The van der Waals surface area contributed by atoms with E-state index in [1.807, 2.05) is 11.8 Å². The molecule has 6 nitrogen and oxygen atoms in total. The van der Waals surface area contributed by atoms with E-state index in [2.05, 4.69) is 24.3 Å². The van der Waals surface area contributed by atoms with Crippen LogP contribution in [0.2, 0.25) is 0 Å². The number of benzene rings is 1. The number of hydrogen-bond donors (Lipinski definition) is 1. The van der Waals surface area contributed by atoms with Gasteiger partial charge in [0.05, 0.1) is 12.3 Å². The number of hydrogen-bond acceptors (Lipinski definition) is 4. The summed E-state index contributed by atoms with van der Waals surface area (Å²) in [4.78, 5) is 13.2. The van der Waals surface area contributed by atoms with E-state index in [1.54, 1.807) is 6.92 Å². The average Bonchev–Trinajstić information content (AvgIpc) is 2.60. The van der Waals surface area contributed by atoms with Gasteiger partial charge in [-0.25, -0.2) is 12.7 Å². The number of aryl methyl sites for hydroxylation is 1. The molecule has 25 heavy (non-hydrogen) atoms. The standard InChI is InChI=1S/C18H28N2O4S/c1-3-25(23,24)20-12-9-17(10-13-20)19(14-18(21)22)11-8-16-6-4-15(2)5-7-16/h4-7,17H,3,8-14H2,1-2H3,(H,21,22). The molecule has 0 bridgehead atoms. The number of rotatable bonds is 8. The molecular formula is C18H28N2O4S. The van der Waals surface area contributed by atoms with E-state index < -0.39 is 16.0 Å². The maximum absolute atomic E-state index is 12.0. The highest BCUT2D eigenvalue weighted by Crippen LogP contribution is 2.20. The molecule has 2 rings (SSSR count). The molecule has 1 saturated heterocycles. The van der Waals surface area contributed by atoms with Crippen LogP contribution in [-0.4, -0.2) is 66.7 Å². The highest BCUT2D eigenvalue weighted by atomic mass is 32.2. The number of carboxylic acid groups (broad SMARTS) is 1. The predicted octanol–water partition coefficient (Wildman–Crippen LogP) is 1.74. The number of nitrogens with zero attached hydrogens (tertiary/aromatic N) is 2. The van der Waals surface area contributed by atoms with E-state index in [0.717, 1.165) is 6.42 Å². The maximum atomic E-state index is 12.0. The number of carbonyl (C=O) groups is 1. The second-order valence-electron chi connectivity index (χ2n) is 6.63. The first kappa shape index (κ1) is 19.9. The summed E-state index contributed by atoms with van der Waals surface area (Å²) in [6, 6.07) is 8.38. The van der Waals surface area contributed by atoms with Gasteiger partial charge in [0.15, 0.2) is 0 Å². The Morgan fingerprint density at radius 2 is 1.84 bits per heavy atom. The van der Waals surface area contributed by atoms with Gasteiger partial charge < -0.3 is 5.11 Å². The molecule has 1 aliphatic rings. The van der Waals surface area contributed by atoms with E-state index >= 15 is 0 Å². The number of carboxylic acids is 1. The zero-order valence-electron chi connectivity index (χ0n) is 15.0. The normalized spacial score (nSPS) is 17.1. The third-order valence-corrected chi connectivity index (χ3v) is 6.73. The van der Waals surface area contributed by atoms with Crippen LogP contribution in [0, 0.1) is 6.92 Å². The summed E-state index contributed by atoms with van der Waals surface area (Å²) in [5.41, 5.74) is 2.39. The van der Waals surface area contributed by atoms with Crippen molar-refractivity contribution >= 4 is 16.0 Å². The Bertz CT molecular complexity index is 665. The van der Waals surface area contributed by atoms with Crippen molar-refractivity contribution in [1.29, 1.82) is 0 Å². The van der Waals surface area contributed by atoms with E-state index in [-0.39, 0.29) is 18.3 Å². The van der Waals surface area contributed by atoms with Crippen molar-refractivity contribution in [1.82, 2.24) is 9.21 Å². The van der Waals surface area contributed by atoms with Gasteiger partial charge in [-0.1, -0.05) is 29.8 Å². The second kappa shape index (κ2) is 8.78. The summed E-state index contributed by atoms with van der Waals surface area (Å²) < 4.78 is 25.5. The van der Waals surface area contributed by atoms with Crippen LogP contribution in [0.3, 0.4) is 0 Å². The van der Waals surface area contributed by atoms with Gasteiger partial charge in [-0.3, -0.25) is 9.69 Å². The van der Waals surface area contributed by atoms with Gasteiger partial charge in [0, 0.05) is 25.7 Å². The summed E-state index contributed by atoms with van der Waals surface area (Å²) in [6.45, 7) is 5.30. The minimum atomic E-state index is -3.15. The van der Waals surface area contributed by atoms with Crippen molar-refractivity contribution in [3.05, 3.63) is 35.4 Å². The van der Waals surface area contributed by atoms with E-state index in [4.69, 9.17) is 0 Å². The van der Waals surface area contributed by atoms with Crippen LogP contribution in [0.15, 0.2) is 24.3 Å². The van der Waals surface area contributed by atoms with Crippen LogP contribution in [0.4, 0.5) is 0 Å². The molecule has 0 aliphatic carbocycles. The molecule has 0 radical (unpaired) electrons. The number of sulfonamides is 1. The Morgan fingerprint density at radius 1 is 1.24 bits per heavy atom. The summed E-state index contributed by atoms with van der Waals surface area (Å²) >= 11 is 0. The average molecular weight is 368 g/mol. The molecule has 0 unspecified atom stereocenters. The maximum Gasteiger partial charge on any atom is 0.317 e. The molecule has 7 heteroatoms. The largest absolute Gasteiger partial charge is 0.480 e. The van der Waals surface area contributed by atoms with Gasteiger partial charge >= 0.3 is 5.97 Å². The Morgan fingerprint density at radius 3 is 2.36 bits per heavy atom. The Hall–Kier alpha value is -1.44. The minimum absolute atomic E-state index is 0.00292. The molecule has 1 N–H and O–H groups in total. The molecule has 0 amide bonds. The zero-order valence-corrected chi connectivity index (χ0v) is 15.8. The monoisotopic (exact) mass is 368 g/mol. The fourth-order valence-electron chi connectivity index (χ4n) is 3.26. The Kier molecular flexibility index (Phi) is 6.98. The topological polar surface area (TPSA) is 77.9 Å². The van der Waals surface area contributed by atoms with E-state index in [1.165, 1.54) is 15.4 Å². The number of piperidine rings is 1. The first-order valence-electron chi connectivity index (χ1n) is 8.81. The SMILES string of the molecule is CCS(=O)(=O)N1CCC(N(CCc2ccc(C)cc2)CC(=O)O)CC1. The molecule has 0 aromatic heterocycles. The Balaban J connectivity index is 1.96. The van der Waals surface area contributed by atoms with Gasteiger partial charge in [0.2, 0.25) is 10.0 Å². The van der Waals surface area contributed by atoms with E-state index in [0.29, 0.717) is 32.5 Å². The van der Waals surface area contributed by atoms with Crippen molar-refractivity contribution in [2.24, 2.45) is 0 Å². The third-order valence-electron chi connectivity index (χ3n) is 4.84. The highest BCUT2D eigenvalue weighted by Gasteiger charge is 2.30. The fourth-order valence-corrected chi connectivity index (χ4v) is 4.39. The summed E-state index contributed by atoms with van der Waals surface area (Å²) in [5, 5.41) is 9.22. The van der Waals surface area contributed by atoms with Gasteiger partial charge in [-0.2, -0.15) is 0 Å². The summed E-state index contributed by atoms with van der Waals surface area (Å²) in [5.74, 6) is -0.725. The van der Waals surface area contributed by atoms with Crippen molar-refractivity contribution in [3.8, 4) is 0 Å². The molecule has 0 saturated carbocycles. The molecule has 0 spiro atoms. The lowest BCUT2D eigenvalue weighted by atomic mass is 10.0. The predicted molar refractivity (Wildman–Crippen MR) is 98.1 cm³/mol. The van der Waals surface area contributed by atoms with Crippen LogP contribution >= 0.6 is 0 Å². The quantitative estimate of drug-likeness (QED) is 0.756. The van der Waals surface area contributed by atoms with Crippen LogP contribution in [0.5, 0.6) is 0 Å². The summed E-state index contributed by atoms with van der Waals surface area (Å²) in [7, 11) is -3.15. The van der Waals surface area contributed by atoms with Gasteiger partial charge in [0.1, 0.15) is 0 Å². The Labute approximate surface area is 150 Å². The second-order valence-corrected chi connectivity index (χ2v) is 8.89. The molecule has 1 aliphatic heterocycles. The molecular weight excluding hydrogens is 340 g/mol. The van der Waals surface area contributed by atoms with Gasteiger partial charge in [-0.15, -0.1) is 0 Å². The van der Waals surface area contributed by atoms with Crippen molar-refractivity contribution < 1.29 is 18.3 Å². The van der Waals surface area contributed by atoms with Crippen molar-refractivity contribution in [2.75, 3.05) is 31.9 Å². The van der Waals surface area contributed by atoms with Crippen LogP contribution in [0.25, 0.3) is 0 Å². The highest BCUT2D eigenvalue weighted by molar-refractivity contribution is 7.89. The fraction of sp³-hybridized carbons (Fsp3) is 0.611. The molecule has 1 aromatic carbocycles. The summed E-state index contributed by atoms with van der Waals surface area (Å²) in [6.07, 6.45) is 2.15. The van der Waals surface area contributed by atoms with Gasteiger partial charge in [-0.05, 0) is 38.7 Å². The first-order chi connectivity index (χ1) is 11.8. The smallest absolute Gasteiger partial charge is 0.317 e. The first-order valence-corrected chi connectivity index (χ1v) is 10.4. The lowest BCUT2D eigenvalue weighted by Crippen LogP contribution is -2.48. The van der Waals surface area contributed by atoms with Gasteiger partial charge in [0.25, 0.3) is 0 Å². The van der Waals surface area contributed by atoms with Crippen LogP contribution < -0.4 is 0 Å². The lowest BCUT2D eigenvalue weighted by Gasteiger charge is -2.37. The van der Waals surface area contributed by atoms with E-state index in [9.17, 15) is 18.3 Å². The molecule has 1 fully saturated rings. The number of aliphatic carboxylic acids is 1.